The molecule has 2 aromatic carbocycles. The second kappa shape index (κ2) is 5.57. The molecule has 106 valence electrons. The second-order valence-electron chi connectivity index (χ2n) is 4.82. The lowest BCUT2D eigenvalue weighted by atomic mass is 9.98. The zero-order valence-corrected chi connectivity index (χ0v) is 11.2. The molecule has 4 heteroatoms. The zero-order valence-electron chi connectivity index (χ0n) is 11.2. The van der Waals surface area contributed by atoms with Crippen LogP contribution in [0.15, 0.2) is 48.5 Å². The van der Waals surface area contributed by atoms with Gasteiger partial charge in [0.2, 0.25) is 0 Å². The summed E-state index contributed by atoms with van der Waals surface area (Å²) in [7, 11) is 0. The minimum Gasteiger partial charge on any atom is -0.405 e. The first-order chi connectivity index (χ1) is 9.37. The van der Waals surface area contributed by atoms with Gasteiger partial charge in [0.15, 0.2) is 0 Å². The van der Waals surface area contributed by atoms with Gasteiger partial charge in [-0.3, -0.25) is 0 Å². The summed E-state index contributed by atoms with van der Waals surface area (Å²) in [5.41, 5.74) is 2.28. The number of alkyl halides is 3. The summed E-state index contributed by atoms with van der Waals surface area (Å²) < 4.78 is 41.2. The number of hydrogen-bond acceptors (Lipinski definition) is 1. The predicted molar refractivity (Wildman–Crippen MR) is 72.7 cm³/mol. The van der Waals surface area contributed by atoms with E-state index in [1.807, 2.05) is 24.3 Å². The van der Waals surface area contributed by atoms with Crippen molar-refractivity contribution in [2.45, 2.75) is 26.1 Å². The van der Waals surface area contributed by atoms with Crippen LogP contribution in [0.2, 0.25) is 0 Å². The van der Waals surface area contributed by atoms with Gasteiger partial charge in [0.05, 0.1) is 0 Å². The summed E-state index contributed by atoms with van der Waals surface area (Å²) in [6, 6.07) is 13.6. The van der Waals surface area contributed by atoms with Crippen molar-refractivity contribution in [2.24, 2.45) is 0 Å². The first kappa shape index (κ1) is 14.4. The molecule has 0 fully saturated rings. The maximum absolute atomic E-state index is 12.4. The van der Waals surface area contributed by atoms with Gasteiger partial charge in [-0.1, -0.05) is 56.3 Å². The molecule has 1 nitrogen and oxygen atoms in total. The number of benzene rings is 2. The van der Waals surface area contributed by atoms with E-state index < -0.39 is 6.36 Å². The molecule has 2 aromatic rings. The maximum Gasteiger partial charge on any atom is 0.573 e. The highest BCUT2D eigenvalue weighted by molar-refractivity contribution is 5.70. The van der Waals surface area contributed by atoms with Crippen molar-refractivity contribution in [3.05, 3.63) is 54.1 Å². The van der Waals surface area contributed by atoms with E-state index in [4.69, 9.17) is 0 Å². The Morgan fingerprint density at radius 3 is 2.05 bits per heavy atom. The SMILES string of the molecule is CC(C)c1ccc(-c2ccccc2OC(F)(F)F)cc1. The minimum atomic E-state index is -4.69. The summed E-state index contributed by atoms with van der Waals surface area (Å²) >= 11 is 0. The molecule has 0 amide bonds. The van der Waals surface area contributed by atoms with Crippen LogP contribution in [0.1, 0.15) is 25.3 Å². The van der Waals surface area contributed by atoms with Crippen LogP contribution < -0.4 is 4.74 Å². The second-order valence-corrected chi connectivity index (χ2v) is 4.82. The lowest BCUT2D eigenvalue weighted by Gasteiger charge is -2.14. The molecule has 0 radical (unpaired) electrons. The highest BCUT2D eigenvalue weighted by atomic mass is 19.4. The maximum atomic E-state index is 12.4. The van der Waals surface area contributed by atoms with Gasteiger partial charge in [0.1, 0.15) is 5.75 Å². The predicted octanol–water partition coefficient (Wildman–Crippen LogP) is 5.38. The fraction of sp³-hybridized carbons (Fsp3) is 0.250. The summed E-state index contributed by atoms with van der Waals surface area (Å²) in [5.74, 6) is 0.197. The fourth-order valence-corrected chi connectivity index (χ4v) is 1.97. The average molecular weight is 280 g/mol. The summed E-state index contributed by atoms with van der Waals surface area (Å²) in [6.45, 7) is 4.13. The molecule has 0 unspecified atom stereocenters. The van der Waals surface area contributed by atoms with Crippen LogP contribution in [0.3, 0.4) is 0 Å². The Balaban J connectivity index is 2.37. The van der Waals surface area contributed by atoms with Crippen LogP contribution in [0, 0.1) is 0 Å². The average Bonchev–Trinajstić information content (AvgIpc) is 2.37. The van der Waals surface area contributed by atoms with E-state index in [9.17, 15) is 13.2 Å². The Labute approximate surface area is 116 Å². The Hall–Kier alpha value is -1.97. The molecule has 0 aliphatic heterocycles. The zero-order chi connectivity index (χ0) is 14.8. The van der Waals surface area contributed by atoms with Crippen molar-refractivity contribution >= 4 is 0 Å². The molecule has 0 aliphatic carbocycles. The van der Waals surface area contributed by atoms with Gasteiger partial charge in [-0.05, 0) is 23.1 Å². The van der Waals surface area contributed by atoms with Gasteiger partial charge in [-0.2, -0.15) is 0 Å². The normalized spacial score (nSPS) is 11.7. The fourth-order valence-electron chi connectivity index (χ4n) is 1.97. The number of hydrogen-bond donors (Lipinski definition) is 0. The van der Waals surface area contributed by atoms with Crippen molar-refractivity contribution in [2.75, 3.05) is 0 Å². The van der Waals surface area contributed by atoms with Crippen molar-refractivity contribution in [1.82, 2.24) is 0 Å². The molecule has 0 bridgehead atoms. The van der Waals surface area contributed by atoms with Gasteiger partial charge in [0, 0.05) is 5.56 Å². The van der Waals surface area contributed by atoms with Gasteiger partial charge in [0.25, 0.3) is 0 Å². The highest BCUT2D eigenvalue weighted by Gasteiger charge is 2.32. The van der Waals surface area contributed by atoms with E-state index in [2.05, 4.69) is 18.6 Å². The Morgan fingerprint density at radius 1 is 0.900 bits per heavy atom. The van der Waals surface area contributed by atoms with Crippen LogP contribution in [-0.2, 0) is 0 Å². The third kappa shape index (κ3) is 3.53. The van der Waals surface area contributed by atoms with Gasteiger partial charge in [-0.15, -0.1) is 13.2 Å². The van der Waals surface area contributed by atoms with Crippen molar-refractivity contribution < 1.29 is 17.9 Å². The molecule has 0 saturated carbocycles. The standard InChI is InChI=1S/C16H15F3O/c1-11(2)12-7-9-13(10-8-12)14-5-3-4-6-15(14)20-16(17,18)19/h3-11H,1-2H3. The molecular formula is C16H15F3O. The molecule has 2 rings (SSSR count). The van der Waals surface area contributed by atoms with Gasteiger partial charge < -0.3 is 4.74 Å². The first-order valence-corrected chi connectivity index (χ1v) is 6.32. The van der Waals surface area contributed by atoms with E-state index in [1.165, 1.54) is 12.1 Å². The lowest BCUT2D eigenvalue weighted by molar-refractivity contribution is -0.274. The monoisotopic (exact) mass is 280 g/mol. The smallest absolute Gasteiger partial charge is 0.405 e. The van der Waals surface area contributed by atoms with Crippen molar-refractivity contribution in [3.63, 3.8) is 0 Å². The van der Waals surface area contributed by atoms with E-state index in [1.54, 1.807) is 12.1 Å². The molecule has 0 heterocycles. The Bertz CT molecular complexity index is 571. The number of rotatable bonds is 3. The summed E-state index contributed by atoms with van der Waals surface area (Å²) in [4.78, 5) is 0. The van der Waals surface area contributed by atoms with Crippen LogP contribution in [0.4, 0.5) is 13.2 Å². The van der Waals surface area contributed by atoms with Gasteiger partial charge >= 0.3 is 6.36 Å². The number of para-hydroxylation sites is 1. The van der Waals surface area contributed by atoms with E-state index in [-0.39, 0.29) is 5.75 Å². The molecule has 0 N–H and O–H groups in total. The third-order valence-corrected chi connectivity index (χ3v) is 3.00. The quantitative estimate of drug-likeness (QED) is 0.733. The molecule has 0 aliphatic rings. The minimum absolute atomic E-state index is 0.183. The summed E-state index contributed by atoms with van der Waals surface area (Å²) in [5, 5.41) is 0. The van der Waals surface area contributed by atoms with Crippen LogP contribution in [0.25, 0.3) is 11.1 Å². The van der Waals surface area contributed by atoms with E-state index >= 15 is 0 Å². The van der Waals surface area contributed by atoms with Crippen LogP contribution in [0.5, 0.6) is 5.75 Å². The van der Waals surface area contributed by atoms with Gasteiger partial charge in [-0.25, -0.2) is 0 Å². The largest absolute Gasteiger partial charge is 0.573 e. The molecule has 0 spiro atoms. The molecule has 0 aromatic heterocycles. The molecular weight excluding hydrogens is 265 g/mol. The lowest BCUT2D eigenvalue weighted by Crippen LogP contribution is -2.17. The van der Waals surface area contributed by atoms with Crippen molar-refractivity contribution in [3.8, 4) is 16.9 Å². The van der Waals surface area contributed by atoms with E-state index in [0.29, 0.717) is 17.0 Å². The number of ether oxygens (including phenoxy) is 1. The summed E-state index contributed by atoms with van der Waals surface area (Å²) in [6.07, 6.45) is -4.69. The highest BCUT2D eigenvalue weighted by Crippen LogP contribution is 2.34. The topological polar surface area (TPSA) is 9.23 Å². The molecule has 20 heavy (non-hydrogen) atoms. The van der Waals surface area contributed by atoms with Crippen molar-refractivity contribution in [1.29, 1.82) is 0 Å². The Kier molecular flexibility index (Phi) is 4.02. The van der Waals surface area contributed by atoms with Crippen LogP contribution >= 0.6 is 0 Å². The van der Waals surface area contributed by atoms with E-state index in [0.717, 1.165) is 5.56 Å². The Morgan fingerprint density at radius 2 is 1.50 bits per heavy atom. The third-order valence-electron chi connectivity index (χ3n) is 3.00. The number of halogens is 3. The van der Waals surface area contributed by atoms with Crippen LogP contribution in [-0.4, -0.2) is 6.36 Å². The molecule has 0 atom stereocenters. The molecule has 0 saturated heterocycles. The first-order valence-electron chi connectivity index (χ1n) is 6.32.